The Morgan fingerprint density at radius 2 is 1.84 bits per heavy atom. The van der Waals surface area contributed by atoms with Crippen LogP contribution in [0.4, 0.5) is 4.39 Å². The van der Waals surface area contributed by atoms with E-state index in [2.05, 4.69) is 20.4 Å². The monoisotopic (exact) mass is 420 g/mol. The second-order valence-corrected chi connectivity index (χ2v) is 6.95. The minimum Gasteiger partial charge on any atom is -0.497 e. The van der Waals surface area contributed by atoms with Gasteiger partial charge in [0.05, 0.1) is 12.8 Å². The maximum atomic E-state index is 13.2. The van der Waals surface area contributed by atoms with Gasteiger partial charge in [-0.25, -0.2) is 19.0 Å². The molecule has 9 heteroatoms. The third kappa shape index (κ3) is 4.16. The highest BCUT2D eigenvalue weighted by Crippen LogP contribution is 2.23. The number of methoxy groups -OCH3 is 1. The summed E-state index contributed by atoms with van der Waals surface area (Å²) in [6.07, 6.45) is 3.48. The fourth-order valence-corrected chi connectivity index (χ4v) is 3.26. The molecule has 158 valence electrons. The molecule has 0 aliphatic heterocycles. The number of hydrogen-bond donors (Lipinski definition) is 1. The number of nitrogens with one attached hydrogen (secondary N) is 1. The molecule has 0 fully saturated rings. The molecule has 4 rings (SSSR count). The van der Waals surface area contributed by atoms with Gasteiger partial charge in [0, 0.05) is 19.4 Å². The lowest BCUT2D eigenvalue weighted by atomic mass is 10.1. The van der Waals surface area contributed by atoms with E-state index in [1.165, 1.54) is 16.8 Å². The van der Waals surface area contributed by atoms with Crippen molar-refractivity contribution in [3.63, 3.8) is 0 Å². The number of ether oxygens (including phenoxy) is 1. The number of aryl methyl sites for hydroxylation is 2. The van der Waals surface area contributed by atoms with Crippen LogP contribution in [-0.4, -0.2) is 37.3 Å². The highest BCUT2D eigenvalue weighted by molar-refractivity contribution is 5.91. The lowest BCUT2D eigenvalue weighted by Crippen LogP contribution is -2.32. The largest absolute Gasteiger partial charge is 0.497 e. The molecule has 0 bridgehead atoms. The molecule has 2 heterocycles. The van der Waals surface area contributed by atoms with E-state index in [0.29, 0.717) is 23.1 Å². The van der Waals surface area contributed by atoms with Gasteiger partial charge < -0.3 is 14.6 Å². The number of carbonyl (C=O) groups excluding carboxylic acids is 1. The van der Waals surface area contributed by atoms with Gasteiger partial charge in [0.25, 0.3) is 5.91 Å². The van der Waals surface area contributed by atoms with Crippen molar-refractivity contribution in [2.75, 3.05) is 7.11 Å². The molecule has 0 aliphatic rings. The van der Waals surface area contributed by atoms with E-state index >= 15 is 0 Å². The summed E-state index contributed by atoms with van der Waals surface area (Å²) in [6.45, 7) is 1.73. The summed E-state index contributed by atoms with van der Waals surface area (Å²) in [4.78, 5) is 21.7. The van der Waals surface area contributed by atoms with Crippen LogP contribution >= 0.6 is 0 Å². The van der Waals surface area contributed by atoms with Gasteiger partial charge in [0.15, 0.2) is 0 Å². The van der Waals surface area contributed by atoms with Gasteiger partial charge in [0.2, 0.25) is 5.82 Å². The van der Waals surface area contributed by atoms with Crippen LogP contribution in [0.1, 0.15) is 33.9 Å². The number of imidazole rings is 1. The zero-order chi connectivity index (χ0) is 22.0. The van der Waals surface area contributed by atoms with Crippen LogP contribution in [0.5, 0.6) is 5.75 Å². The van der Waals surface area contributed by atoms with Crippen molar-refractivity contribution in [3.05, 3.63) is 89.8 Å². The summed E-state index contributed by atoms with van der Waals surface area (Å²) in [5.74, 6) is 1.09. The number of aromatic nitrogens is 5. The number of amides is 1. The molecule has 1 unspecified atom stereocenters. The van der Waals surface area contributed by atoms with Crippen LogP contribution in [0.25, 0.3) is 5.69 Å². The molecule has 31 heavy (non-hydrogen) atoms. The molecule has 0 aliphatic carbocycles. The van der Waals surface area contributed by atoms with E-state index in [1.54, 1.807) is 32.4 Å². The summed E-state index contributed by atoms with van der Waals surface area (Å²) < 4.78 is 21.8. The maximum absolute atomic E-state index is 13.2. The first kappa shape index (κ1) is 20.3. The second kappa shape index (κ2) is 8.39. The Labute approximate surface area is 178 Å². The fourth-order valence-electron chi connectivity index (χ4n) is 3.26. The molecule has 1 atom stereocenters. The minimum absolute atomic E-state index is 0.00884. The molecule has 8 nitrogen and oxygen atoms in total. The predicted octanol–water partition coefficient (Wildman–Crippen LogP) is 2.98. The van der Waals surface area contributed by atoms with Gasteiger partial charge in [-0.05, 0) is 48.9 Å². The first-order valence-corrected chi connectivity index (χ1v) is 9.58. The molecular weight excluding hydrogens is 399 g/mol. The van der Waals surface area contributed by atoms with E-state index in [9.17, 15) is 9.18 Å². The first-order chi connectivity index (χ1) is 15.0. The lowest BCUT2D eigenvalue weighted by molar-refractivity contribution is 0.0930. The van der Waals surface area contributed by atoms with E-state index in [1.807, 2.05) is 42.1 Å². The SMILES string of the molecule is COc1ccc(C(NC(=O)c2nc(C)n(-c3ccc(F)cc3)n2)c2nccn2C)cc1. The molecule has 0 radical (unpaired) electrons. The number of benzene rings is 2. The van der Waals surface area contributed by atoms with E-state index in [0.717, 1.165) is 5.56 Å². The number of halogens is 1. The van der Waals surface area contributed by atoms with Gasteiger partial charge in [-0.2, -0.15) is 0 Å². The smallest absolute Gasteiger partial charge is 0.291 e. The van der Waals surface area contributed by atoms with Crippen LogP contribution in [0, 0.1) is 12.7 Å². The van der Waals surface area contributed by atoms with Crippen molar-refractivity contribution in [3.8, 4) is 11.4 Å². The molecule has 2 aromatic carbocycles. The van der Waals surface area contributed by atoms with Crippen molar-refractivity contribution < 1.29 is 13.9 Å². The normalized spacial score (nSPS) is 11.9. The predicted molar refractivity (Wildman–Crippen MR) is 112 cm³/mol. The van der Waals surface area contributed by atoms with Gasteiger partial charge in [-0.15, -0.1) is 5.10 Å². The number of hydrogen-bond acceptors (Lipinski definition) is 5. The Balaban J connectivity index is 1.64. The quantitative estimate of drug-likeness (QED) is 0.518. The van der Waals surface area contributed by atoms with Crippen LogP contribution in [0.3, 0.4) is 0 Å². The third-order valence-corrected chi connectivity index (χ3v) is 4.88. The number of rotatable bonds is 6. The van der Waals surface area contributed by atoms with E-state index < -0.39 is 11.9 Å². The molecule has 0 saturated carbocycles. The molecule has 2 aromatic heterocycles. The first-order valence-electron chi connectivity index (χ1n) is 9.58. The Morgan fingerprint density at radius 3 is 2.45 bits per heavy atom. The van der Waals surface area contributed by atoms with E-state index in [-0.39, 0.29) is 11.6 Å². The van der Waals surface area contributed by atoms with Crippen molar-refractivity contribution >= 4 is 5.91 Å². The maximum Gasteiger partial charge on any atom is 0.291 e. The minimum atomic E-state index is -0.517. The van der Waals surface area contributed by atoms with Gasteiger partial charge in [-0.3, -0.25) is 4.79 Å². The summed E-state index contributed by atoms with van der Waals surface area (Å²) in [7, 11) is 3.45. The number of nitrogens with zero attached hydrogens (tertiary/aromatic N) is 5. The van der Waals surface area contributed by atoms with Gasteiger partial charge >= 0.3 is 0 Å². The van der Waals surface area contributed by atoms with Gasteiger partial charge in [0.1, 0.15) is 29.3 Å². The number of carbonyl (C=O) groups is 1. The summed E-state index contributed by atoms with van der Waals surface area (Å²) in [6, 6.07) is 12.7. The molecule has 4 aromatic rings. The average Bonchev–Trinajstić information content (AvgIpc) is 3.38. The molecule has 0 spiro atoms. The van der Waals surface area contributed by atoms with Crippen LogP contribution < -0.4 is 10.1 Å². The second-order valence-electron chi connectivity index (χ2n) is 6.95. The highest BCUT2D eigenvalue weighted by atomic mass is 19.1. The highest BCUT2D eigenvalue weighted by Gasteiger charge is 2.24. The lowest BCUT2D eigenvalue weighted by Gasteiger charge is -2.18. The van der Waals surface area contributed by atoms with Crippen molar-refractivity contribution in [1.82, 2.24) is 29.6 Å². The Kier molecular flexibility index (Phi) is 5.48. The molecular formula is C22H21FN6O2. The average molecular weight is 420 g/mol. The molecule has 0 saturated heterocycles. The zero-order valence-electron chi connectivity index (χ0n) is 17.3. The summed E-state index contributed by atoms with van der Waals surface area (Å²) in [5.41, 5.74) is 1.44. The fraction of sp³-hybridized carbons (Fsp3) is 0.182. The Hall–Kier alpha value is -4.01. The third-order valence-electron chi connectivity index (χ3n) is 4.88. The van der Waals surface area contributed by atoms with Crippen LogP contribution in [0.2, 0.25) is 0 Å². The van der Waals surface area contributed by atoms with Crippen molar-refractivity contribution in [1.29, 1.82) is 0 Å². The molecule has 1 N–H and O–H groups in total. The Morgan fingerprint density at radius 1 is 1.13 bits per heavy atom. The standard InChI is InChI=1S/C22H21FN6O2/c1-14-25-20(27-29(14)17-8-6-16(23)7-9-17)22(30)26-19(21-24-12-13-28(21)2)15-4-10-18(31-3)11-5-15/h4-13,19H,1-3H3,(H,26,30). The van der Waals surface area contributed by atoms with Crippen LogP contribution in [0.15, 0.2) is 60.9 Å². The summed E-state index contributed by atoms with van der Waals surface area (Å²) in [5, 5.41) is 7.28. The Bertz CT molecular complexity index is 1200. The molecule has 1 amide bonds. The van der Waals surface area contributed by atoms with Gasteiger partial charge in [-0.1, -0.05) is 12.1 Å². The van der Waals surface area contributed by atoms with Crippen molar-refractivity contribution in [2.24, 2.45) is 7.05 Å². The van der Waals surface area contributed by atoms with E-state index in [4.69, 9.17) is 4.74 Å². The summed E-state index contributed by atoms with van der Waals surface area (Å²) >= 11 is 0. The van der Waals surface area contributed by atoms with Crippen molar-refractivity contribution in [2.45, 2.75) is 13.0 Å². The zero-order valence-corrected chi connectivity index (χ0v) is 17.3. The topological polar surface area (TPSA) is 86.9 Å². The van der Waals surface area contributed by atoms with Crippen LogP contribution in [-0.2, 0) is 7.05 Å².